The second kappa shape index (κ2) is 5.95. The fourth-order valence-corrected chi connectivity index (χ4v) is 3.38. The molecule has 1 fully saturated rings. The smallest absolute Gasteiger partial charge is 0.338 e. The molecule has 0 aromatic heterocycles. The summed E-state index contributed by atoms with van der Waals surface area (Å²) in [5.74, 6) is 0.354. The van der Waals surface area contributed by atoms with Crippen molar-refractivity contribution in [2.45, 2.75) is 39.2 Å². The SMILES string of the molecule is CC1CCCC(Nc2cccc(Br)c2C(=O)O)C1C. The van der Waals surface area contributed by atoms with Gasteiger partial charge in [-0.2, -0.15) is 0 Å². The Morgan fingerprint density at radius 3 is 2.79 bits per heavy atom. The lowest BCUT2D eigenvalue weighted by Gasteiger charge is -2.35. The summed E-state index contributed by atoms with van der Waals surface area (Å²) in [6.07, 6.45) is 3.58. The molecule has 1 aromatic carbocycles. The van der Waals surface area contributed by atoms with E-state index in [9.17, 15) is 9.90 Å². The fourth-order valence-electron chi connectivity index (χ4n) is 2.85. The van der Waals surface area contributed by atoms with Gasteiger partial charge in [-0.25, -0.2) is 4.79 Å². The molecular weight excluding hydrogens is 306 g/mol. The van der Waals surface area contributed by atoms with Crippen LogP contribution in [0.4, 0.5) is 5.69 Å². The van der Waals surface area contributed by atoms with Crippen molar-refractivity contribution in [1.29, 1.82) is 0 Å². The van der Waals surface area contributed by atoms with Crippen LogP contribution in [0.3, 0.4) is 0 Å². The normalized spacial score (nSPS) is 27.0. The molecule has 1 aliphatic rings. The van der Waals surface area contributed by atoms with Crippen LogP contribution >= 0.6 is 15.9 Å². The van der Waals surface area contributed by atoms with Crippen molar-refractivity contribution in [1.82, 2.24) is 0 Å². The highest BCUT2D eigenvalue weighted by atomic mass is 79.9. The molecule has 1 aromatic rings. The average Bonchev–Trinajstić information content (AvgIpc) is 2.34. The zero-order valence-electron chi connectivity index (χ0n) is 11.3. The lowest BCUT2D eigenvalue weighted by atomic mass is 9.78. The third-order valence-electron chi connectivity index (χ3n) is 4.28. The van der Waals surface area contributed by atoms with Crippen molar-refractivity contribution >= 4 is 27.6 Å². The van der Waals surface area contributed by atoms with Crippen molar-refractivity contribution in [3.05, 3.63) is 28.2 Å². The molecule has 0 heterocycles. The van der Waals surface area contributed by atoms with Gasteiger partial charge in [-0.1, -0.05) is 32.8 Å². The molecule has 3 nitrogen and oxygen atoms in total. The quantitative estimate of drug-likeness (QED) is 0.866. The maximum absolute atomic E-state index is 11.4. The lowest BCUT2D eigenvalue weighted by molar-refractivity contribution is 0.0697. The van der Waals surface area contributed by atoms with Gasteiger partial charge in [0.1, 0.15) is 0 Å². The molecule has 0 radical (unpaired) electrons. The number of nitrogens with one attached hydrogen (secondary N) is 1. The van der Waals surface area contributed by atoms with Crippen molar-refractivity contribution in [2.24, 2.45) is 11.8 Å². The number of anilines is 1. The minimum absolute atomic E-state index is 0.327. The summed E-state index contributed by atoms with van der Waals surface area (Å²) < 4.78 is 0.626. The Morgan fingerprint density at radius 2 is 2.11 bits per heavy atom. The van der Waals surface area contributed by atoms with E-state index in [4.69, 9.17) is 0 Å². The number of hydrogen-bond donors (Lipinski definition) is 2. The summed E-state index contributed by atoms with van der Waals surface area (Å²) in [5.41, 5.74) is 1.04. The Balaban J connectivity index is 2.23. The monoisotopic (exact) mass is 325 g/mol. The van der Waals surface area contributed by atoms with Crippen molar-refractivity contribution in [2.75, 3.05) is 5.32 Å². The van der Waals surface area contributed by atoms with Crippen LogP contribution in [-0.4, -0.2) is 17.1 Å². The van der Waals surface area contributed by atoms with Crippen LogP contribution in [0, 0.1) is 11.8 Å². The summed E-state index contributed by atoms with van der Waals surface area (Å²) in [6, 6.07) is 5.84. The van der Waals surface area contributed by atoms with Crippen LogP contribution in [0.25, 0.3) is 0 Å². The van der Waals surface area contributed by atoms with Crippen LogP contribution in [0.15, 0.2) is 22.7 Å². The lowest BCUT2D eigenvalue weighted by Crippen LogP contribution is -2.35. The van der Waals surface area contributed by atoms with Gasteiger partial charge in [-0.3, -0.25) is 0 Å². The number of benzene rings is 1. The highest BCUT2D eigenvalue weighted by Crippen LogP contribution is 2.33. The van der Waals surface area contributed by atoms with E-state index in [1.54, 1.807) is 6.07 Å². The third-order valence-corrected chi connectivity index (χ3v) is 4.94. The number of carbonyl (C=O) groups is 1. The topological polar surface area (TPSA) is 49.3 Å². The second-order valence-electron chi connectivity index (χ2n) is 5.49. The van der Waals surface area contributed by atoms with E-state index in [0.29, 0.717) is 33.6 Å². The molecule has 4 heteroatoms. The Labute approximate surface area is 122 Å². The van der Waals surface area contributed by atoms with E-state index < -0.39 is 5.97 Å². The minimum atomic E-state index is -0.897. The predicted molar refractivity (Wildman–Crippen MR) is 80.7 cm³/mol. The van der Waals surface area contributed by atoms with Crippen LogP contribution in [-0.2, 0) is 0 Å². The zero-order chi connectivity index (χ0) is 14.0. The van der Waals surface area contributed by atoms with Gasteiger partial charge in [-0.15, -0.1) is 0 Å². The van der Waals surface area contributed by atoms with E-state index in [1.807, 2.05) is 12.1 Å². The Bertz CT molecular complexity index is 475. The van der Waals surface area contributed by atoms with Gasteiger partial charge in [0.2, 0.25) is 0 Å². The molecule has 0 amide bonds. The summed E-state index contributed by atoms with van der Waals surface area (Å²) in [7, 11) is 0. The van der Waals surface area contributed by atoms with Gasteiger partial charge in [0.05, 0.1) is 11.3 Å². The van der Waals surface area contributed by atoms with Crippen LogP contribution < -0.4 is 5.32 Å². The first-order valence-electron chi connectivity index (χ1n) is 6.79. The molecule has 1 aliphatic carbocycles. The largest absolute Gasteiger partial charge is 0.478 e. The standard InChI is InChI=1S/C15H20BrNO2/c1-9-5-3-7-12(10(9)2)17-13-8-4-6-11(16)14(13)15(18)19/h4,6,8-10,12,17H,3,5,7H2,1-2H3,(H,18,19). The van der Waals surface area contributed by atoms with Gasteiger partial charge in [-0.05, 0) is 46.3 Å². The summed E-state index contributed by atoms with van der Waals surface area (Å²) in [5, 5.41) is 12.8. The summed E-state index contributed by atoms with van der Waals surface area (Å²) in [6.45, 7) is 4.53. The second-order valence-corrected chi connectivity index (χ2v) is 6.34. The molecule has 2 rings (SSSR count). The molecule has 0 saturated heterocycles. The zero-order valence-corrected chi connectivity index (χ0v) is 12.9. The van der Waals surface area contributed by atoms with Gasteiger partial charge < -0.3 is 10.4 Å². The van der Waals surface area contributed by atoms with Crippen LogP contribution in [0.2, 0.25) is 0 Å². The van der Waals surface area contributed by atoms with E-state index in [-0.39, 0.29) is 0 Å². The first-order chi connectivity index (χ1) is 9.00. The molecule has 19 heavy (non-hydrogen) atoms. The Morgan fingerprint density at radius 1 is 1.37 bits per heavy atom. The van der Waals surface area contributed by atoms with Crippen molar-refractivity contribution in [3.8, 4) is 0 Å². The van der Waals surface area contributed by atoms with Crippen molar-refractivity contribution < 1.29 is 9.90 Å². The highest BCUT2D eigenvalue weighted by molar-refractivity contribution is 9.10. The van der Waals surface area contributed by atoms with E-state index >= 15 is 0 Å². The van der Waals surface area contributed by atoms with Gasteiger partial charge in [0.15, 0.2) is 0 Å². The molecule has 0 bridgehead atoms. The van der Waals surface area contributed by atoms with Gasteiger partial charge in [0, 0.05) is 10.5 Å². The molecule has 1 saturated carbocycles. The summed E-state index contributed by atoms with van der Waals surface area (Å²) >= 11 is 3.32. The number of halogens is 1. The number of carboxylic acid groups (broad SMARTS) is 1. The highest BCUT2D eigenvalue weighted by Gasteiger charge is 2.28. The average molecular weight is 326 g/mol. The van der Waals surface area contributed by atoms with E-state index in [2.05, 4.69) is 35.1 Å². The molecule has 104 valence electrons. The molecule has 0 aliphatic heterocycles. The summed E-state index contributed by atoms with van der Waals surface area (Å²) in [4.78, 5) is 11.4. The van der Waals surface area contributed by atoms with Gasteiger partial charge >= 0.3 is 5.97 Å². The Hall–Kier alpha value is -1.03. The fraction of sp³-hybridized carbons (Fsp3) is 0.533. The van der Waals surface area contributed by atoms with Crippen molar-refractivity contribution in [3.63, 3.8) is 0 Å². The van der Waals surface area contributed by atoms with Crippen LogP contribution in [0.5, 0.6) is 0 Å². The maximum Gasteiger partial charge on any atom is 0.338 e. The van der Waals surface area contributed by atoms with Crippen LogP contribution in [0.1, 0.15) is 43.5 Å². The molecule has 3 atom stereocenters. The molecule has 3 unspecified atom stereocenters. The molecule has 0 spiro atoms. The number of carboxylic acids is 1. The van der Waals surface area contributed by atoms with E-state index in [0.717, 1.165) is 6.42 Å². The number of aromatic carboxylic acids is 1. The van der Waals surface area contributed by atoms with Gasteiger partial charge in [0.25, 0.3) is 0 Å². The first-order valence-corrected chi connectivity index (χ1v) is 7.58. The Kier molecular flexibility index (Phi) is 4.50. The molecular formula is C15H20BrNO2. The minimum Gasteiger partial charge on any atom is -0.478 e. The third kappa shape index (κ3) is 3.11. The number of hydrogen-bond acceptors (Lipinski definition) is 2. The first kappa shape index (κ1) is 14.4. The number of rotatable bonds is 3. The molecule has 2 N–H and O–H groups in total. The van der Waals surface area contributed by atoms with E-state index in [1.165, 1.54) is 12.8 Å². The maximum atomic E-state index is 11.4. The predicted octanol–water partition coefficient (Wildman–Crippen LogP) is 4.38.